The highest BCUT2D eigenvalue weighted by Gasteiger charge is 2.55. The fourth-order valence-corrected chi connectivity index (χ4v) is 5.14. The molecule has 4 nitrogen and oxygen atoms in total. The Labute approximate surface area is 161 Å². The minimum atomic E-state index is -0.0137. The molecular formula is C23H29NO3. The summed E-state index contributed by atoms with van der Waals surface area (Å²) in [4.78, 5) is 2.58. The van der Waals surface area contributed by atoms with Crippen molar-refractivity contribution >= 4 is 0 Å². The van der Waals surface area contributed by atoms with Crippen molar-refractivity contribution in [1.82, 2.24) is 4.90 Å². The van der Waals surface area contributed by atoms with Gasteiger partial charge >= 0.3 is 0 Å². The topological polar surface area (TPSA) is 41.9 Å². The summed E-state index contributed by atoms with van der Waals surface area (Å²) in [5.41, 5.74) is 1.31. The van der Waals surface area contributed by atoms with Gasteiger partial charge < -0.3 is 14.6 Å². The lowest BCUT2D eigenvalue weighted by molar-refractivity contribution is 0.0732. The molecular weight excluding hydrogens is 338 g/mol. The molecule has 4 heteroatoms. The number of methoxy groups -OCH3 is 1. The molecule has 0 aliphatic carbocycles. The Kier molecular flexibility index (Phi) is 5.37. The van der Waals surface area contributed by atoms with Crippen molar-refractivity contribution in [1.29, 1.82) is 0 Å². The first-order chi connectivity index (χ1) is 13.2. The van der Waals surface area contributed by atoms with Gasteiger partial charge in [0.2, 0.25) is 0 Å². The van der Waals surface area contributed by atoms with E-state index in [1.807, 2.05) is 24.3 Å². The smallest absolute Gasteiger partial charge is 0.123 e. The monoisotopic (exact) mass is 367 g/mol. The lowest BCUT2D eigenvalue weighted by Crippen LogP contribution is -2.42. The zero-order chi connectivity index (χ0) is 18.7. The molecule has 2 fully saturated rings. The Bertz CT molecular complexity index is 750. The van der Waals surface area contributed by atoms with Crippen LogP contribution in [0.4, 0.5) is 0 Å². The molecule has 0 radical (unpaired) electrons. The van der Waals surface area contributed by atoms with Crippen molar-refractivity contribution in [3.8, 4) is 11.5 Å². The molecule has 4 rings (SSSR count). The second-order valence-electron chi connectivity index (χ2n) is 7.90. The van der Waals surface area contributed by atoms with Crippen molar-refractivity contribution in [3.63, 3.8) is 0 Å². The molecule has 0 aromatic heterocycles. The van der Waals surface area contributed by atoms with E-state index >= 15 is 0 Å². The summed E-state index contributed by atoms with van der Waals surface area (Å²) in [5, 5.41) is 10.3. The van der Waals surface area contributed by atoms with Crippen LogP contribution in [0.3, 0.4) is 0 Å². The van der Waals surface area contributed by atoms with E-state index in [9.17, 15) is 5.11 Å². The zero-order valence-corrected chi connectivity index (χ0v) is 16.0. The summed E-state index contributed by atoms with van der Waals surface area (Å²) in [5.74, 6) is 1.66. The molecule has 3 atom stereocenters. The number of hydrogen-bond acceptors (Lipinski definition) is 4. The number of aliphatic hydroxyl groups is 1. The van der Waals surface area contributed by atoms with E-state index in [0.29, 0.717) is 18.7 Å². The third kappa shape index (κ3) is 3.69. The summed E-state index contributed by atoms with van der Waals surface area (Å²) >= 11 is 0. The van der Waals surface area contributed by atoms with Gasteiger partial charge in [0.05, 0.1) is 13.7 Å². The van der Waals surface area contributed by atoms with E-state index in [4.69, 9.17) is 9.47 Å². The maximum Gasteiger partial charge on any atom is 0.123 e. The SMILES string of the molecule is COc1cccc(OCCN2[C@@H]3CC[C@H]2[C@](CO)(Cc2ccccc2)C3)c1. The second-order valence-corrected chi connectivity index (χ2v) is 7.90. The minimum Gasteiger partial charge on any atom is -0.497 e. The van der Waals surface area contributed by atoms with Crippen molar-refractivity contribution in [2.24, 2.45) is 5.41 Å². The normalized spacial score (nSPS) is 27.0. The van der Waals surface area contributed by atoms with Gasteiger partial charge in [0.25, 0.3) is 0 Å². The largest absolute Gasteiger partial charge is 0.497 e. The first-order valence-corrected chi connectivity index (χ1v) is 9.91. The molecule has 0 spiro atoms. The number of fused-ring (bicyclic) bond motifs is 2. The van der Waals surface area contributed by atoms with Gasteiger partial charge in [0.1, 0.15) is 18.1 Å². The molecule has 2 aromatic rings. The van der Waals surface area contributed by atoms with Crippen LogP contribution in [0.25, 0.3) is 0 Å². The third-order valence-electron chi connectivity index (χ3n) is 6.37. The number of ether oxygens (including phenoxy) is 2. The predicted octanol–water partition coefficient (Wildman–Crippen LogP) is 3.53. The van der Waals surface area contributed by atoms with Crippen molar-refractivity contribution in [2.45, 2.75) is 37.8 Å². The Hall–Kier alpha value is -2.04. The van der Waals surface area contributed by atoms with Crippen LogP contribution in [0.2, 0.25) is 0 Å². The van der Waals surface area contributed by atoms with Gasteiger partial charge in [-0.25, -0.2) is 0 Å². The third-order valence-corrected chi connectivity index (χ3v) is 6.37. The lowest BCUT2D eigenvalue weighted by Gasteiger charge is -2.36. The summed E-state index contributed by atoms with van der Waals surface area (Å²) in [6.07, 6.45) is 4.46. The Morgan fingerprint density at radius 2 is 1.89 bits per heavy atom. The predicted molar refractivity (Wildman–Crippen MR) is 106 cm³/mol. The van der Waals surface area contributed by atoms with Crippen LogP contribution >= 0.6 is 0 Å². The Balaban J connectivity index is 1.39. The lowest BCUT2D eigenvalue weighted by atomic mass is 9.70. The van der Waals surface area contributed by atoms with Crippen LogP contribution in [-0.4, -0.2) is 49.0 Å². The molecule has 1 N–H and O–H groups in total. The van der Waals surface area contributed by atoms with E-state index in [1.165, 1.54) is 18.4 Å². The summed E-state index contributed by atoms with van der Waals surface area (Å²) in [7, 11) is 1.67. The molecule has 0 amide bonds. The molecule has 144 valence electrons. The van der Waals surface area contributed by atoms with Crippen LogP contribution in [0, 0.1) is 5.41 Å². The van der Waals surface area contributed by atoms with Gasteiger partial charge in [-0.15, -0.1) is 0 Å². The second kappa shape index (κ2) is 7.91. The van der Waals surface area contributed by atoms with Gasteiger partial charge in [-0.1, -0.05) is 36.4 Å². The maximum atomic E-state index is 10.3. The number of nitrogens with zero attached hydrogens (tertiary/aromatic N) is 1. The highest BCUT2D eigenvalue weighted by atomic mass is 16.5. The number of benzene rings is 2. The van der Waals surface area contributed by atoms with Crippen LogP contribution in [0.1, 0.15) is 24.8 Å². The summed E-state index contributed by atoms with van der Waals surface area (Å²) in [6, 6.07) is 19.4. The van der Waals surface area contributed by atoms with Crippen LogP contribution in [0.15, 0.2) is 54.6 Å². The van der Waals surface area contributed by atoms with Crippen LogP contribution in [-0.2, 0) is 6.42 Å². The molecule has 2 aliphatic heterocycles. The highest BCUT2D eigenvalue weighted by molar-refractivity contribution is 5.32. The Morgan fingerprint density at radius 3 is 2.67 bits per heavy atom. The average Bonchev–Trinajstić information content (AvgIpc) is 3.24. The molecule has 0 saturated carbocycles. The molecule has 2 aromatic carbocycles. The number of aliphatic hydroxyl groups excluding tert-OH is 1. The molecule has 0 unspecified atom stereocenters. The van der Waals surface area contributed by atoms with E-state index in [0.717, 1.165) is 30.9 Å². The summed E-state index contributed by atoms with van der Waals surface area (Å²) in [6.45, 7) is 1.83. The van der Waals surface area contributed by atoms with Crippen molar-refractivity contribution in [3.05, 3.63) is 60.2 Å². The number of hydrogen-bond donors (Lipinski definition) is 1. The highest BCUT2D eigenvalue weighted by Crippen LogP contribution is 2.51. The van der Waals surface area contributed by atoms with Crippen LogP contribution < -0.4 is 9.47 Å². The standard InChI is InChI=1S/C23H29NO3/c1-26-20-8-5-9-21(14-20)27-13-12-24-19-10-11-22(24)23(16-19,17-25)15-18-6-3-2-4-7-18/h2-9,14,19,22,25H,10-13,15-17H2,1H3/t19-,22+,23-/m1/s1. The van der Waals surface area contributed by atoms with Crippen molar-refractivity contribution < 1.29 is 14.6 Å². The molecule has 2 heterocycles. The Morgan fingerprint density at radius 1 is 1.07 bits per heavy atom. The van der Waals surface area contributed by atoms with E-state index in [2.05, 4.69) is 35.2 Å². The van der Waals surface area contributed by atoms with E-state index in [1.54, 1.807) is 7.11 Å². The molecule has 2 saturated heterocycles. The zero-order valence-electron chi connectivity index (χ0n) is 16.0. The minimum absolute atomic E-state index is 0.0137. The first kappa shape index (κ1) is 18.3. The van der Waals surface area contributed by atoms with Gasteiger partial charge in [-0.3, -0.25) is 4.90 Å². The van der Waals surface area contributed by atoms with Gasteiger partial charge in [-0.2, -0.15) is 0 Å². The maximum absolute atomic E-state index is 10.3. The summed E-state index contributed by atoms with van der Waals surface area (Å²) < 4.78 is 11.2. The molecule has 27 heavy (non-hydrogen) atoms. The quantitative estimate of drug-likeness (QED) is 0.775. The first-order valence-electron chi connectivity index (χ1n) is 9.91. The molecule has 2 aliphatic rings. The average molecular weight is 367 g/mol. The van der Waals surface area contributed by atoms with E-state index in [-0.39, 0.29) is 12.0 Å². The fourth-order valence-electron chi connectivity index (χ4n) is 5.14. The van der Waals surface area contributed by atoms with E-state index < -0.39 is 0 Å². The van der Waals surface area contributed by atoms with Crippen LogP contribution in [0.5, 0.6) is 11.5 Å². The fraction of sp³-hybridized carbons (Fsp3) is 0.478. The van der Waals surface area contributed by atoms with Gasteiger partial charge in [-0.05, 0) is 43.4 Å². The van der Waals surface area contributed by atoms with Crippen molar-refractivity contribution in [2.75, 3.05) is 26.9 Å². The van der Waals surface area contributed by atoms with Gasteiger partial charge in [0, 0.05) is 30.1 Å². The molecule has 2 bridgehead atoms. The number of rotatable bonds is 8. The van der Waals surface area contributed by atoms with Gasteiger partial charge in [0.15, 0.2) is 0 Å².